The van der Waals surface area contributed by atoms with E-state index in [0.717, 1.165) is 12.8 Å². The lowest BCUT2D eigenvalue weighted by Gasteiger charge is -2.12. The Balaban J connectivity index is 3.54. The zero-order chi connectivity index (χ0) is 10.5. The van der Waals surface area contributed by atoms with Crippen LogP contribution in [0.3, 0.4) is 0 Å². The van der Waals surface area contributed by atoms with Crippen LogP contribution in [0, 0.1) is 11.8 Å². The maximum Gasteiger partial charge on any atom is 0.333 e. The molecule has 1 atom stereocenters. The van der Waals surface area contributed by atoms with E-state index in [1.165, 1.54) is 0 Å². The molecule has 5 heteroatoms. The normalized spacial score (nSPS) is 14.8. The molecule has 0 aliphatic carbocycles. The fourth-order valence-corrected chi connectivity index (χ4v) is 1.62. The van der Waals surface area contributed by atoms with Crippen LogP contribution in [-0.4, -0.2) is 15.0 Å². The maximum atomic E-state index is 10.4. The van der Waals surface area contributed by atoms with E-state index in [0.29, 0.717) is 11.8 Å². The van der Waals surface area contributed by atoms with Gasteiger partial charge in [-0.3, -0.25) is 4.18 Å². The molecule has 0 spiro atoms. The van der Waals surface area contributed by atoms with Gasteiger partial charge in [-0.05, 0) is 24.7 Å². The third-order valence-electron chi connectivity index (χ3n) is 1.73. The van der Waals surface area contributed by atoms with E-state index in [4.69, 9.17) is 0 Å². The van der Waals surface area contributed by atoms with Gasteiger partial charge in [-0.25, -0.2) is 5.14 Å². The molecule has 0 saturated carbocycles. The lowest BCUT2D eigenvalue weighted by molar-refractivity contribution is 0.274. The van der Waals surface area contributed by atoms with E-state index < -0.39 is 10.3 Å². The summed E-state index contributed by atoms with van der Waals surface area (Å²) in [7, 11) is -3.75. The van der Waals surface area contributed by atoms with Crippen LogP contribution in [0.25, 0.3) is 0 Å². The Morgan fingerprint density at radius 1 is 1.31 bits per heavy atom. The van der Waals surface area contributed by atoms with E-state index in [1.807, 2.05) is 0 Å². The average molecular weight is 209 g/mol. The maximum absolute atomic E-state index is 10.4. The van der Waals surface area contributed by atoms with Crippen molar-refractivity contribution in [3.05, 3.63) is 0 Å². The van der Waals surface area contributed by atoms with Crippen LogP contribution in [0.4, 0.5) is 0 Å². The Morgan fingerprint density at radius 2 is 1.85 bits per heavy atom. The van der Waals surface area contributed by atoms with Gasteiger partial charge in [0.05, 0.1) is 6.61 Å². The lowest BCUT2D eigenvalue weighted by Crippen LogP contribution is -2.17. The van der Waals surface area contributed by atoms with Gasteiger partial charge in [0.15, 0.2) is 0 Å². The van der Waals surface area contributed by atoms with E-state index in [9.17, 15) is 8.42 Å². The van der Waals surface area contributed by atoms with Crippen LogP contribution in [0.5, 0.6) is 0 Å². The zero-order valence-electron chi connectivity index (χ0n) is 8.49. The first kappa shape index (κ1) is 12.9. The summed E-state index contributed by atoms with van der Waals surface area (Å²) in [6.07, 6.45) is 1.81. The minimum atomic E-state index is -3.75. The smallest absolute Gasteiger partial charge is 0.258 e. The highest BCUT2D eigenvalue weighted by atomic mass is 32.2. The summed E-state index contributed by atoms with van der Waals surface area (Å²) in [6.45, 7) is 6.54. The first-order chi connectivity index (χ1) is 5.81. The fourth-order valence-electron chi connectivity index (χ4n) is 1.29. The van der Waals surface area contributed by atoms with E-state index >= 15 is 0 Å². The molecule has 0 heterocycles. The minimum absolute atomic E-state index is 0.187. The van der Waals surface area contributed by atoms with Crippen LogP contribution in [0.2, 0.25) is 0 Å². The van der Waals surface area contributed by atoms with Crippen LogP contribution in [-0.2, 0) is 14.5 Å². The van der Waals surface area contributed by atoms with Crippen LogP contribution in [0.1, 0.15) is 33.6 Å². The second-order valence-corrected chi connectivity index (χ2v) is 5.06. The molecule has 0 aliphatic rings. The summed E-state index contributed by atoms with van der Waals surface area (Å²) in [6, 6.07) is 0. The molecule has 0 saturated heterocycles. The molecule has 0 fully saturated rings. The van der Waals surface area contributed by atoms with Crippen molar-refractivity contribution in [2.75, 3.05) is 6.61 Å². The molecular weight excluding hydrogens is 190 g/mol. The molecule has 2 N–H and O–H groups in total. The van der Waals surface area contributed by atoms with Gasteiger partial charge in [0, 0.05) is 0 Å². The van der Waals surface area contributed by atoms with Gasteiger partial charge in [0.2, 0.25) is 0 Å². The van der Waals surface area contributed by atoms with Crippen molar-refractivity contribution in [1.29, 1.82) is 0 Å². The fraction of sp³-hybridized carbons (Fsp3) is 1.00. The first-order valence-corrected chi connectivity index (χ1v) is 5.95. The van der Waals surface area contributed by atoms with Crippen molar-refractivity contribution in [1.82, 2.24) is 0 Å². The van der Waals surface area contributed by atoms with Crippen molar-refractivity contribution in [3.63, 3.8) is 0 Å². The molecule has 1 unspecified atom stereocenters. The zero-order valence-corrected chi connectivity index (χ0v) is 9.30. The molecule has 0 aromatic heterocycles. The monoisotopic (exact) mass is 209 g/mol. The number of hydrogen-bond donors (Lipinski definition) is 1. The quantitative estimate of drug-likeness (QED) is 0.716. The van der Waals surface area contributed by atoms with Gasteiger partial charge in [-0.1, -0.05) is 20.8 Å². The molecule has 0 aliphatic heterocycles. The molecule has 0 bridgehead atoms. The van der Waals surface area contributed by atoms with E-state index in [-0.39, 0.29) is 6.61 Å². The molecule has 13 heavy (non-hydrogen) atoms. The summed E-state index contributed by atoms with van der Waals surface area (Å²) < 4.78 is 25.2. The van der Waals surface area contributed by atoms with Gasteiger partial charge in [-0.2, -0.15) is 8.42 Å². The van der Waals surface area contributed by atoms with E-state index in [1.54, 1.807) is 0 Å². The highest BCUT2D eigenvalue weighted by Crippen LogP contribution is 2.14. The van der Waals surface area contributed by atoms with Gasteiger partial charge in [0.1, 0.15) is 0 Å². The van der Waals surface area contributed by atoms with Gasteiger partial charge >= 0.3 is 10.3 Å². The summed E-state index contributed by atoms with van der Waals surface area (Å²) in [4.78, 5) is 0. The Labute approximate surface area is 80.7 Å². The van der Waals surface area contributed by atoms with Crippen LogP contribution >= 0.6 is 0 Å². The third kappa shape index (κ3) is 9.79. The minimum Gasteiger partial charge on any atom is -0.258 e. The highest BCUT2D eigenvalue weighted by Gasteiger charge is 2.07. The summed E-state index contributed by atoms with van der Waals surface area (Å²) in [5.41, 5.74) is 0. The van der Waals surface area contributed by atoms with Crippen LogP contribution < -0.4 is 5.14 Å². The van der Waals surface area contributed by atoms with Crippen molar-refractivity contribution in [3.8, 4) is 0 Å². The topological polar surface area (TPSA) is 69.4 Å². The summed E-state index contributed by atoms with van der Waals surface area (Å²) >= 11 is 0. The van der Waals surface area contributed by atoms with Crippen molar-refractivity contribution < 1.29 is 12.6 Å². The van der Waals surface area contributed by atoms with Crippen LogP contribution in [0.15, 0.2) is 0 Å². The molecular formula is C8H19NO3S. The Hall–Kier alpha value is -0.130. The van der Waals surface area contributed by atoms with E-state index in [2.05, 4.69) is 30.1 Å². The number of hydrogen-bond acceptors (Lipinski definition) is 3. The summed E-state index contributed by atoms with van der Waals surface area (Å²) in [5, 5.41) is 4.67. The molecule has 80 valence electrons. The molecule has 0 aromatic carbocycles. The molecule has 0 rings (SSSR count). The Kier molecular flexibility index (Phi) is 5.51. The standard InChI is InChI=1S/C8H19NO3S/c1-7(2)6-8(3)4-5-12-13(9,10)11/h7-8H,4-6H2,1-3H3,(H2,9,10,11). The molecule has 0 aromatic rings. The highest BCUT2D eigenvalue weighted by molar-refractivity contribution is 7.84. The Bertz CT molecular complexity index is 224. The predicted molar refractivity (Wildman–Crippen MR) is 52.3 cm³/mol. The first-order valence-electron chi connectivity index (χ1n) is 4.48. The SMILES string of the molecule is CC(C)CC(C)CCOS(N)(=O)=O. The van der Waals surface area contributed by atoms with Gasteiger partial charge < -0.3 is 0 Å². The van der Waals surface area contributed by atoms with Crippen molar-refractivity contribution >= 4 is 10.3 Å². The van der Waals surface area contributed by atoms with Crippen molar-refractivity contribution in [2.45, 2.75) is 33.6 Å². The lowest BCUT2D eigenvalue weighted by atomic mass is 9.97. The molecule has 0 radical (unpaired) electrons. The third-order valence-corrected chi connectivity index (χ3v) is 2.23. The average Bonchev–Trinajstić information content (AvgIpc) is 1.81. The predicted octanol–water partition coefficient (Wildman–Crippen LogP) is 1.28. The largest absolute Gasteiger partial charge is 0.333 e. The molecule has 4 nitrogen and oxygen atoms in total. The number of nitrogens with two attached hydrogens (primary N) is 1. The van der Waals surface area contributed by atoms with Gasteiger partial charge in [-0.15, -0.1) is 0 Å². The molecule has 0 amide bonds. The van der Waals surface area contributed by atoms with Crippen molar-refractivity contribution in [2.24, 2.45) is 17.0 Å². The Morgan fingerprint density at radius 3 is 2.23 bits per heavy atom. The number of rotatable bonds is 6. The second-order valence-electron chi connectivity index (χ2n) is 3.84. The van der Waals surface area contributed by atoms with Gasteiger partial charge in [0.25, 0.3) is 0 Å². The summed E-state index contributed by atoms with van der Waals surface area (Å²) in [5.74, 6) is 1.10. The second kappa shape index (κ2) is 5.57.